The fourth-order valence-corrected chi connectivity index (χ4v) is 3.03. The zero-order chi connectivity index (χ0) is 17.8. The highest BCUT2D eigenvalue weighted by atomic mass is 35.5. The molecular formula is C19H17ClFNO3. The van der Waals surface area contributed by atoms with Crippen LogP contribution in [0.1, 0.15) is 23.1 Å². The Hall–Kier alpha value is -2.40. The Morgan fingerprint density at radius 3 is 2.72 bits per heavy atom. The number of amides is 1. The van der Waals surface area contributed by atoms with Crippen LogP contribution in [0.3, 0.4) is 0 Å². The van der Waals surface area contributed by atoms with Crippen LogP contribution in [0.5, 0.6) is 0 Å². The molecule has 3 rings (SSSR count). The van der Waals surface area contributed by atoms with Gasteiger partial charge in [0.15, 0.2) is 6.61 Å². The van der Waals surface area contributed by atoms with Crippen LogP contribution in [-0.4, -0.2) is 18.5 Å². The number of anilines is 1. The SMILES string of the molecule is O=C(COC(=O)Cc1ccc2c(c1)CCC2)Nc1ccc(Cl)cc1F. The van der Waals surface area contributed by atoms with Crippen LogP contribution in [0.25, 0.3) is 0 Å². The van der Waals surface area contributed by atoms with Crippen LogP contribution in [0.15, 0.2) is 36.4 Å². The molecule has 1 N–H and O–H groups in total. The molecule has 0 bridgehead atoms. The highest BCUT2D eigenvalue weighted by Gasteiger charge is 2.14. The molecule has 0 fully saturated rings. The second-order valence-electron chi connectivity index (χ2n) is 5.97. The van der Waals surface area contributed by atoms with E-state index in [1.54, 1.807) is 0 Å². The number of rotatable bonds is 5. The van der Waals surface area contributed by atoms with E-state index in [0.717, 1.165) is 30.9 Å². The molecule has 0 aliphatic heterocycles. The Kier molecular flexibility index (Phi) is 5.34. The molecule has 0 saturated heterocycles. The van der Waals surface area contributed by atoms with Crippen molar-refractivity contribution in [3.63, 3.8) is 0 Å². The molecule has 0 saturated carbocycles. The van der Waals surface area contributed by atoms with E-state index in [-0.39, 0.29) is 17.1 Å². The maximum absolute atomic E-state index is 13.6. The summed E-state index contributed by atoms with van der Waals surface area (Å²) in [4.78, 5) is 23.7. The lowest BCUT2D eigenvalue weighted by Crippen LogP contribution is -2.22. The number of carbonyl (C=O) groups excluding carboxylic acids is 2. The minimum Gasteiger partial charge on any atom is -0.455 e. The molecule has 2 aromatic rings. The number of aryl methyl sites for hydroxylation is 2. The first kappa shape index (κ1) is 17.4. The molecule has 4 nitrogen and oxygen atoms in total. The van der Waals surface area contributed by atoms with Crippen LogP contribution in [-0.2, 0) is 33.6 Å². The molecule has 0 unspecified atom stereocenters. The van der Waals surface area contributed by atoms with Crippen molar-refractivity contribution in [3.05, 3.63) is 63.9 Å². The van der Waals surface area contributed by atoms with Crippen molar-refractivity contribution in [1.82, 2.24) is 0 Å². The van der Waals surface area contributed by atoms with E-state index in [2.05, 4.69) is 5.32 Å². The van der Waals surface area contributed by atoms with Gasteiger partial charge >= 0.3 is 5.97 Å². The highest BCUT2D eigenvalue weighted by Crippen LogP contribution is 2.23. The molecule has 1 amide bonds. The fourth-order valence-electron chi connectivity index (χ4n) is 2.88. The van der Waals surface area contributed by atoms with Crippen molar-refractivity contribution in [3.8, 4) is 0 Å². The van der Waals surface area contributed by atoms with E-state index < -0.39 is 24.3 Å². The topological polar surface area (TPSA) is 55.4 Å². The number of hydrogen-bond acceptors (Lipinski definition) is 3. The molecule has 2 aromatic carbocycles. The molecule has 0 heterocycles. The van der Waals surface area contributed by atoms with Gasteiger partial charge in [-0.2, -0.15) is 0 Å². The lowest BCUT2D eigenvalue weighted by Gasteiger charge is -2.08. The number of ether oxygens (including phenoxy) is 1. The molecule has 0 spiro atoms. The van der Waals surface area contributed by atoms with Crippen LogP contribution in [0.4, 0.5) is 10.1 Å². The number of halogens is 2. The molecule has 1 aliphatic rings. The predicted octanol–water partition coefficient (Wildman–Crippen LogP) is 3.69. The van der Waals surface area contributed by atoms with Gasteiger partial charge in [-0.15, -0.1) is 0 Å². The van der Waals surface area contributed by atoms with Gasteiger partial charge in [-0.1, -0.05) is 29.8 Å². The summed E-state index contributed by atoms with van der Waals surface area (Å²) in [7, 11) is 0. The second-order valence-corrected chi connectivity index (χ2v) is 6.40. The Morgan fingerprint density at radius 1 is 1.12 bits per heavy atom. The van der Waals surface area contributed by atoms with Crippen molar-refractivity contribution in [2.75, 3.05) is 11.9 Å². The number of fused-ring (bicyclic) bond motifs is 1. The van der Waals surface area contributed by atoms with E-state index in [9.17, 15) is 14.0 Å². The van der Waals surface area contributed by atoms with Gasteiger partial charge in [-0.3, -0.25) is 9.59 Å². The number of carbonyl (C=O) groups is 2. The van der Waals surface area contributed by atoms with E-state index in [4.69, 9.17) is 16.3 Å². The van der Waals surface area contributed by atoms with Gasteiger partial charge in [0.2, 0.25) is 0 Å². The van der Waals surface area contributed by atoms with Gasteiger partial charge in [-0.25, -0.2) is 4.39 Å². The van der Waals surface area contributed by atoms with Crippen molar-refractivity contribution in [2.45, 2.75) is 25.7 Å². The third kappa shape index (κ3) is 4.57. The summed E-state index contributed by atoms with van der Waals surface area (Å²) in [6.45, 7) is -0.466. The minimum atomic E-state index is -0.648. The molecule has 6 heteroatoms. The van der Waals surface area contributed by atoms with Crippen molar-refractivity contribution >= 4 is 29.2 Å². The molecule has 25 heavy (non-hydrogen) atoms. The number of hydrogen-bond donors (Lipinski definition) is 1. The van der Waals surface area contributed by atoms with E-state index in [1.165, 1.54) is 23.3 Å². The first-order chi connectivity index (χ1) is 12.0. The molecule has 0 aromatic heterocycles. The van der Waals surface area contributed by atoms with Crippen LogP contribution in [0.2, 0.25) is 5.02 Å². The summed E-state index contributed by atoms with van der Waals surface area (Å²) in [6.07, 6.45) is 3.37. The summed E-state index contributed by atoms with van der Waals surface area (Å²) in [5, 5.41) is 2.57. The predicted molar refractivity (Wildman–Crippen MR) is 93.2 cm³/mol. The molecule has 130 valence electrons. The van der Waals surface area contributed by atoms with Crippen molar-refractivity contribution in [1.29, 1.82) is 0 Å². The highest BCUT2D eigenvalue weighted by molar-refractivity contribution is 6.30. The van der Waals surface area contributed by atoms with E-state index in [1.807, 2.05) is 18.2 Å². The Balaban J connectivity index is 1.49. The third-order valence-electron chi connectivity index (χ3n) is 4.08. The van der Waals surface area contributed by atoms with Gasteiger partial charge in [-0.05, 0) is 54.2 Å². The Labute approximate surface area is 149 Å². The van der Waals surface area contributed by atoms with Gasteiger partial charge in [0.1, 0.15) is 5.82 Å². The van der Waals surface area contributed by atoms with Crippen molar-refractivity contribution in [2.24, 2.45) is 0 Å². The van der Waals surface area contributed by atoms with Crippen LogP contribution >= 0.6 is 11.6 Å². The maximum atomic E-state index is 13.6. The minimum absolute atomic E-state index is 0.0101. The number of benzene rings is 2. The van der Waals surface area contributed by atoms with Crippen molar-refractivity contribution < 1.29 is 18.7 Å². The maximum Gasteiger partial charge on any atom is 0.310 e. The average Bonchev–Trinajstić information content (AvgIpc) is 3.03. The van der Waals surface area contributed by atoms with Crippen LogP contribution < -0.4 is 5.32 Å². The Bertz CT molecular complexity index is 822. The van der Waals surface area contributed by atoms with Gasteiger partial charge in [0.05, 0.1) is 12.1 Å². The zero-order valence-corrected chi connectivity index (χ0v) is 14.2. The van der Waals surface area contributed by atoms with Gasteiger partial charge < -0.3 is 10.1 Å². The average molecular weight is 362 g/mol. The standard InChI is InChI=1S/C19H17ClFNO3/c20-15-6-7-17(16(21)10-15)22-18(23)11-25-19(24)9-12-4-5-13-2-1-3-14(13)8-12/h4-8,10H,1-3,9,11H2,(H,22,23). The van der Waals surface area contributed by atoms with E-state index in [0.29, 0.717) is 0 Å². The van der Waals surface area contributed by atoms with Gasteiger partial charge in [0, 0.05) is 5.02 Å². The molecule has 0 radical (unpaired) electrons. The summed E-state index contributed by atoms with van der Waals surface area (Å²) in [5.74, 6) is -1.75. The number of nitrogens with one attached hydrogen (secondary N) is 1. The summed E-state index contributed by atoms with van der Waals surface area (Å²) >= 11 is 5.65. The zero-order valence-electron chi connectivity index (χ0n) is 13.5. The largest absolute Gasteiger partial charge is 0.455 e. The molecule has 1 aliphatic carbocycles. The quantitative estimate of drug-likeness (QED) is 0.826. The third-order valence-corrected chi connectivity index (χ3v) is 4.32. The molecular weight excluding hydrogens is 345 g/mol. The first-order valence-electron chi connectivity index (χ1n) is 8.02. The summed E-state index contributed by atoms with van der Waals surface area (Å²) in [6, 6.07) is 9.88. The molecule has 0 atom stereocenters. The van der Waals surface area contributed by atoms with Gasteiger partial charge in [0.25, 0.3) is 5.91 Å². The number of esters is 1. The normalized spacial score (nSPS) is 12.6. The second kappa shape index (κ2) is 7.66. The smallest absolute Gasteiger partial charge is 0.310 e. The Morgan fingerprint density at radius 2 is 1.92 bits per heavy atom. The monoisotopic (exact) mass is 361 g/mol. The van der Waals surface area contributed by atoms with Crippen LogP contribution in [0, 0.1) is 5.82 Å². The summed E-state index contributed by atoms with van der Waals surface area (Å²) < 4.78 is 18.6. The lowest BCUT2D eigenvalue weighted by molar-refractivity contribution is -0.146. The first-order valence-corrected chi connectivity index (χ1v) is 8.40. The fraction of sp³-hybridized carbons (Fsp3) is 0.263. The lowest BCUT2D eigenvalue weighted by atomic mass is 10.0. The van der Waals surface area contributed by atoms with E-state index >= 15 is 0 Å². The summed E-state index contributed by atoms with van der Waals surface area (Å²) in [5.41, 5.74) is 3.47.